The molecule has 1 rings (SSSR count). The lowest BCUT2D eigenvalue weighted by atomic mass is 10.3. The maximum atomic E-state index is 3.45. The maximum absolute atomic E-state index is 3.45. The molecule has 0 aromatic carbocycles. The number of hydrogen-bond acceptors (Lipinski definition) is 3. The summed E-state index contributed by atoms with van der Waals surface area (Å²) < 4.78 is 0. The van der Waals surface area contributed by atoms with E-state index < -0.39 is 0 Å². The Hall–Kier alpha value is -0.120. The molecule has 2 N–H and O–H groups in total. The molecule has 0 aromatic heterocycles. The summed E-state index contributed by atoms with van der Waals surface area (Å²) in [6.07, 6.45) is 3.88. The second-order valence-electron chi connectivity index (χ2n) is 4.39. The first-order valence-electron chi connectivity index (χ1n) is 6.54. The summed E-state index contributed by atoms with van der Waals surface area (Å²) in [5.41, 5.74) is 0. The van der Waals surface area contributed by atoms with Gasteiger partial charge in [0, 0.05) is 12.6 Å². The van der Waals surface area contributed by atoms with Gasteiger partial charge >= 0.3 is 0 Å². The van der Waals surface area contributed by atoms with Crippen LogP contribution in [-0.4, -0.2) is 50.2 Å². The van der Waals surface area contributed by atoms with E-state index in [2.05, 4.69) is 29.4 Å². The molecule has 0 bridgehead atoms. The van der Waals surface area contributed by atoms with Crippen LogP contribution in [0.5, 0.6) is 0 Å². The van der Waals surface area contributed by atoms with E-state index in [0.29, 0.717) is 0 Å². The van der Waals surface area contributed by atoms with Crippen LogP contribution in [0.1, 0.15) is 33.1 Å². The van der Waals surface area contributed by atoms with Crippen LogP contribution in [0.15, 0.2) is 0 Å². The predicted octanol–water partition coefficient (Wildman–Crippen LogP) is 1.06. The molecule has 0 spiro atoms. The highest BCUT2D eigenvalue weighted by atomic mass is 15.3. The van der Waals surface area contributed by atoms with Gasteiger partial charge in [0.05, 0.1) is 0 Å². The molecule has 90 valence electrons. The van der Waals surface area contributed by atoms with Gasteiger partial charge in [-0.05, 0) is 52.0 Å². The Kier molecular flexibility index (Phi) is 6.98. The predicted molar refractivity (Wildman–Crippen MR) is 66.3 cm³/mol. The Morgan fingerprint density at radius 2 is 2.00 bits per heavy atom. The molecule has 0 amide bonds. The van der Waals surface area contributed by atoms with Crippen molar-refractivity contribution in [1.82, 2.24) is 15.5 Å². The van der Waals surface area contributed by atoms with Gasteiger partial charge in [0.1, 0.15) is 0 Å². The molecule has 1 aliphatic rings. The average molecular weight is 213 g/mol. The molecule has 0 aromatic rings. The zero-order valence-electron chi connectivity index (χ0n) is 10.4. The van der Waals surface area contributed by atoms with Crippen molar-refractivity contribution in [2.24, 2.45) is 0 Å². The fourth-order valence-electron chi connectivity index (χ4n) is 1.93. The average Bonchev–Trinajstić information content (AvgIpc) is 2.97. The van der Waals surface area contributed by atoms with Gasteiger partial charge in [0.25, 0.3) is 0 Å². The van der Waals surface area contributed by atoms with Crippen LogP contribution in [0.3, 0.4) is 0 Å². The lowest BCUT2D eigenvalue weighted by Gasteiger charge is -2.05. The molecule has 2 unspecified atom stereocenters. The second-order valence-corrected chi connectivity index (χ2v) is 4.39. The normalized spacial score (nSPS) is 24.4. The lowest BCUT2D eigenvalue weighted by molar-refractivity contribution is 0.461. The standard InChI is InChI=1S/C12H27N3/c1-3-7-14-8-5-10-15-11-12(15)6-9-13-4-2/h12-14H,3-11H2,1-2H3. The number of nitrogens with one attached hydrogen (secondary N) is 2. The van der Waals surface area contributed by atoms with Gasteiger partial charge in [-0.3, -0.25) is 4.90 Å². The van der Waals surface area contributed by atoms with Crippen molar-refractivity contribution in [3.05, 3.63) is 0 Å². The Morgan fingerprint density at radius 3 is 2.73 bits per heavy atom. The van der Waals surface area contributed by atoms with Gasteiger partial charge in [-0.15, -0.1) is 0 Å². The van der Waals surface area contributed by atoms with Gasteiger partial charge in [0.2, 0.25) is 0 Å². The van der Waals surface area contributed by atoms with Gasteiger partial charge < -0.3 is 10.6 Å². The summed E-state index contributed by atoms with van der Waals surface area (Å²) in [5, 5.41) is 6.83. The summed E-state index contributed by atoms with van der Waals surface area (Å²) in [6, 6.07) is 0.884. The van der Waals surface area contributed by atoms with Crippen LogP contribution in [0.2, 0.25) is 0 Å². The summed E-state index contributed by atoms with van der Waals surface area (Å²) in [6.45, 7) is 11.7. The van der Waals surface area contributed by atoms with Crippen LogP contribution in [-0.2, 0) is 0 Å². The minimum atomic E-state index is 0.884. The second kappa shape index (κ2) is 8.08. The molecule has 1 aliphatic heterocycles. The fraction of sp³-hybridized carbons (Fsp3) is 1.00. The zero-order valence-corrected chi connectivity index (χ0v) is 10.4. The summed E-state index contributed by atoms with van der Waals surface area (Å²) in [7, 11) is 0. The van der Waals surface area contributed by atoms with E-state index in [-0.39, 0.29) is 0 Å². The summed E-state index contributed by atoms with van der Waals surface area (Å²) in [5.74, 6) is 0. The molecule has 1 heterocycles. The van der Waals surface area contributed by atoms with E-state index in [4.69, 9.17) is 0 Å². The van der Waals surface area contributed by atoms with Crippen molar-refractivity contribution in [2.45, 2.75) is 39.2 Å². The number of rotatable bonds is 10. The quantitative estimate of drug-likeness (QED) is 0.420. The van der Waals surface area contributed by atoms with E-state index in [1.54, 1.807) is 0 Å². The molecule has 1 fully saturated rings. The van der Waals surface area contributed by atoms with Crippen molar-refractivity contribution in [3.8, 4) is 0 Å². The minimum Gasteiger partial charge on any atom is -0.317 e. The van der Waals surface area contributed by atoms with E-state index in [9.17, 15) is 0 Å². The topological polar surface area (TPSA) is 27.1 Å². The Labute approximate surface area is 94.6 Å². The highest BCUT2D eigenvalue weighted by Gasteiger charge is 2.31. The van der Waals surface area contributed by atoms with E-state index in [1.165, 1.54) is 52.0 Å². The Balaban J connectivity index is 1.80. The molecular formula is C12H27N3. The first-order valence-corrected chi connectivity index (χ1v) is 6.54. The number of nitrogens with zero attached hydrogens (tertiary/aromatic N) is 1. The first kappa shape index (κ1) is 12.9. The third-order valence-corrected chi connectivity index (χ3v) is 2.96. The zero-order chi connectivity index (χ0) is 10.9. The molecule has 15 heavy (non-hydrogen) atoms. The molecule has 3 nitrogen and oxygen atoms in total. The minimum absolute atomic E-state index is 0.884. The summed E-state index contributed by atoms with van der Waals surface area (Å²) >= 11 is 0. The molecule has 0 radical (unpaired) electrons. The van der Waals surface area contributed by atoms with Crippen LogP contribution in [0.4, 0.5) is 0 Å². The van der Waals surface area contributed by atoms with E-state index >= 15 is 0 Å². The molecule has 1 saturated heterocycles. The fourth-order valence-corrected chi connectivity index (χ4v) is 1.93. The van der Waals surface area contributed by atoms with Crippen LogP contribution in [0, 0.1) is 0 Å². The van der Waals surface area contributed by atoms with Gasteiger partial charge in [0.15, 0.2) is 0 Å². The van der Waals surface area contributed by atoms with Crippen LogP contribution in [0.25, 0.3) is 0 Å². The monoisotopic (exact) mass is 213 g/mol. The Bertz CT molecular complexity index is 150. The maximum Gasteiger partial charge on any atom is 0.0236 e. The van der Waals surface area contributed by atoms with Crippen molar-refractivity contribution < 1.29 is 0 Å². The van der Waals surface area contributed by atoms with Crippen molar-refractivity contribution in [1.29, 1.82) is 0 Å². The highest BCUT2D eigenvalue weighted by molar-refractivity contribution is 4.89. The molecular weight excluding hydrogens is 186 g/mol. The SMILES string of the molecule is CCCNCCCN1CC1CCNCC. The van der Waals surface area contributed by atoms with E-state index in [1.807, 2.05) is 0 Å². The Morgan fingerprint density at radius 1 is 1.13 bits per heavy atom. The van der Waals surface area contributed by atoms with Gasteiger partial charge in [-0.1, -0.05) is 13.8 Å². The highest BCUT2D eigenvalue weighted by Crippen LogP contribution is 2.19. The smallest absolute Gasteiger partial charge is 0.0236 e. The van der Waals surface area contributed by atoms with Crippen LogP contribution < -0.4 is 10.6 Å². The van der Waals surface area contributed by atoms with Gasteiger partial charge in [-0.25, -0.2) is 0 Å². The van der Waals surface area contributed by atoms with Crippen LogP contribution >= 0.6 is 0 Å². The molecule has 3 heteroatoms. The largest absolute Gasteiger partial charge is 0.317 e. The molecule has 0 saturated carbocycles. The van der Waals surface area contributed by atoms with Gasteiger partial charge in [-0.2, -0.15) is 0 Å². The van der Waals surface area contributed by atoms with E-state index in [0.717, 1.165) is 12.6 Å². The number of hydrogen-bond donors (Lipinski definition) is 2. The third kappa shape index (κ3) is 6.13. The van der Waals surface area contributed by atoms with Crippen molar-refractivity contribution >= 4 is 0 Å². The molecule has 0 aliphatic carbocycles. The first-order chi connectivity index (χ1) is 7.38. The third-order valence-electron chi connectivity index (χ3n) is 2.96. The summed E-state index contributed by atoms with van der Waals surface area (Å²) in [4.78, 5) is 2.59. The molecule has 2 atom stereocenters. The van der Waals surface area contributed by atoms with Crippen molar-refractivity contribution in [3.63, 3.8) is 0 Å². The van der Waals surface area contributed by atoms with Crippen molar-refractivity contribution in [2.75, 3.05) is 39.3 Å². The lowest BCUT2D eigenvalue weighted by Crippen LogP contribution is -2.20.